The Hall–Kier alpha value is -1.53. The second-order valence-corrected chi connectivity index (χ2v) is 8.97. The summed E-state index contributed by atoms with van der Waals surface area (Å²) in [6, 6.07) is 2.63. The van der Waals surface area contributed by atoms with Gasteiger partial charge in [-0.15, -0.1) is 0 Å². The average Bonchev–Trinajstić information content (AvgIpc) is 3.29. The van der Waals surface area contributed by atoms with Crippen molar-refractivity contribution in [1.29, 1.82) is 0 Å². The molecular formula is C18H24IN7OS. The Kier molecular flexibility index (Phi) is 5.97. The fourth-order valence-corrected chi connectivity index (χ4v) is 4.50. The van der Waals surface area contributed by atoms with E-state index in [1.807, 2.05) is 21.0 Å². The fourth-order valence-electron chi connectivity index (χ4n) is 3.23. The number of methoxy groups -OCH3 is 1. The van der Waals surface area contributed by atoms with Crippen molar-refractivity contribution in [3.8, 4) is 0 Å². The molecule has 1 aliphatic carbocycles. The standard InChI is InChI=1S/C18H24IN7OS/c1-11(10-27-3)25-9-14(8-20-25)22-18-23-16(21-12(2)13-4-5-13)15-6-7-26(28-19)17(15)24-18/h6-9,11-13H,4-5,10H2,1-3H3,(H2,21,22,23,24)/t11?,12-/m0/s1. The fraction of sp³-hybridized carbons (Fsp3) is 0.500. The molecule has 150 valence electrons. The van der Waals surface area contributed by atoms with Crippen LogP contribution in [0.4, 0.5) is 17.5 Å². The molecule has 2 N–H and O–H groups in total. The van der Waals surface area contributed by atoms with E-state index < -0.39 is 0 Å². The molecular weight excluding hydrogens is 489 g/mol. The van der Waals surface area contributed by atoms with Crippen LogP contribution in [0.3, 0.4) is 0 Å². The normalized spacial score (nSPS) is 16.3. The van der Waals surface area contributed by atoms with Crippen LogP contribution in [0.25, 0.3) is 11.0 Å². The lowest BCUT2D eigenvalue weighted by molar-refractivity contribution is 0.157. The molecule has 1 fully saturated rings. The highest BCUT2D eigenvalue weighted by molar-refractivity contribution is 14.2. The number of aromatic nitrogens is 5. The largest absolute Gasteiger partial charge is 0.382 e. The summed E-state index contributed by atoms with van der Waals surface area (Å²) in [6.07, 6.45) is 8.33. The van der Waals surface area contributed by atoms with E-state index in [-0.39, 0.29) is 6.04 Å². The van der Waals surface area contributed by atoms with Crippen LogP contribution in [0, 0.1) is 5.92 Å². The van der Waals surface area contributed by atoms with Gasteiger partial charge in [0, 0.05) is 55.9 Å². The average molecular weight is 513 g/mol. The van der Waals surface area contributed by atoms with Crippen molar-refractivity contribution in [2.75, 3.05) is 24.4 Å². The van der Waals surface area contributed by atoms with Crippen molar-refractivity contribution in [3.05, 3.63) is 24.7 Å². The number of nitrogens with zero attached hydrogens (tertiary/aromatic N) is 5. The first-order valence-electron chi connectivity index (χ1n) is 9.34. The molecule has 1 aliphatic rings. The molecule has 0 spiro atoms. The summed E-state index contributed by atoms with van der Waals surface area (Å²) in [6.45, 7) is 4.90. The number of halogens is 1. The molecule has 1 unspecified atom stereocenters. The summed E-state index contributed by atoms with van der Waals surface area (Å²) in [5.41, 5.74) is 1.74. The van der Waals surface area contributed by atoms with Gasteiger partial charge < -0.3 is 15.4 Å². The van der Waals surface area contributed by atoms with Crippen molar-refractivity contribution in [3.63, 3.8) is 0 Å². The molecule has 0 radical (unpaired) electrons. The topological polar surface area (TPSA) is 81.8 Å². The van der Waals surface area contributed by atoms with Crippen LogP contribution in [0.5, 0.6) is 0 Å². The third-order valence-electron chi connectivity index (χ3n) is 5.00. The Labute approximate surface area is 180 Å². The quantitative estimate of drug-likeness (QED) is 0.404. The summed E-state index contributed by atoms with van der Waals surface area (Å²) in [5, 5.41) is 12.3. The van der Waals surface area contributed by atoms with Gasteiger partial charge >= 0.3 is 0 Å². The van der Waals surface area contributed by atoms with Gasteiger partial charge in [-0.1, -0.05) is 0 Å². The van der Waals surface area contributed by atoms with Crippen molar-refractivity contribution in [1.82, 2.24) is 23.7 Å². The Morgan fingerprint density at radius 3 is 2.89 bits per heavy atom. The highest BCUT2D eigenvalue weighted by atomic mass is 127. The van der Waals surface area contributed by atoms with Crippen LogP contribution in [0.2, 0.25) is 0 Å². The van der Waals surface area contributed by atoms with Crippen LogP contribution in [-0.2, 0) is 4.74 Å². The predicted octanol–water partition coefficient (Wildman–Crippen LogP) is 4.64. The highest BCUT2D eigenvalue weighted by Crippen LogP contribution is 2.35. The summed E-state index contributed by atoms with van der Waals surface area (Å²) in [5.74, 6) is 2.17. The number of ether oxygens (including phenoxy) is 1. The van der Waals surface area contributed by atoms with E-state index >= 15 is 0 Å². The third kappa shape index (κ3) is 4.23. The molecule has 0 aliphatic heterocycles. The number of hydrogen-bond donors (Lipinski definition) is 2. The maximum Gasteiger partial charge on any atom is 0.231 e. The van der Waals surface area contributed by atoms with Crippen LogP contribution in [-0.4, -0.2) is 43.5 Å². The first kappa shape index (κ1) is 19.8. The first-order chi connectivity index (χ1) is 13.6. The minimum Gasteiger partial charge on any atom is -0.382 e. The van der Waals surface area contributed by atoms with Gasteiger partial charge in [0.05, 0.1) is 29.9 Å². The van der Waals surface area contributed by atoms with Gasteiger partial charge in [0.2, 0.25) is 5.95 Å². The van der Waals surface area contributed by atoms with Gasteiger partial charge in [0.1, 0.15) is 5.82 Å². The molecule has 10 heteroatoms. The monoisotopic (exact) mass is 513 g/mol. The number of nitrogens with one attached hydrogen (secondary N) is 2. The zero-order chi connectivity index (χ0) is 19.7. The van der Waals surface area contributed by atoms with E-state index in [0.29, 0.717) is 18.6 Å². The molecule has 0 amide bonds. The summed E-state index contributed by atoms with van der Waals surface area (Å²) in [7, 11) is 3.28. The molecule has 3 aromatic rings. The zero-order valence-corrected chi connectivity index (χ0v) is 19.1. The van der Waals surface area contributed by atoms with E-state index in [1.54, 1.807) is 22.4 Å². The maximum absolute atomic E-state index is 5.21. The number of anilines is 3. The van der Waals surface area contributed by atoms with E-state index in [9.17, 15) is 0 Å². The molecule has 0 aromatic carbocycles. The van der Waals surface area contributed by atoms with Gasteiger partial charge in [-0.05, 0) is 38.7 Å². The minimum absolute atomic E-state index is 0.160. The van der Waals surface area contributed by atoms with Gasteiger partial charge in [-0.3, -0.25) is 8.65 Å². The Morgan fingerprint density at radius 2 is 2.18 bits per heavy atom. The van der Waals surface area contributed by atoms with Crippen LogP contribution in [0.15, 0.2) is 24.7 Å². The molecule has 28 heavy (non-hydrogen) atoms. The molecule has 0 bridgehead atoms. The lowest BCUT2D eigenvalue weighted by Crippen LogP contribution is -2.18. The number of hydrogen-bond acceptors (Lipinski definition) is 7. The Balaban J connectivity index is 1.62. The minimum atomic E-state index is 0.160. The molecule has 0 saturated heterocycles. The predicted molar refractivity (Wildman–Crippen MR) is 122 cm³/mol. The van der Waals surface area contributed by atoms with Crippen LogP contribution in [0.1, 0.15) is 32.7 Å². The Morgan fingerprint density at radius 1 is 1.36 bits per heavy atom. The van der Waals surface area contributed by atoms with E-state index in [2.05, 4.69) is 56.9 Å². The molecule has 2 atom stereocenters. The van der Waals surface area contributed by atoms with Gasteiger partial charge in [0.25, 0.3) is 0 Å². The lowest BCUT2D eigenvalue weighted by Gasteiger charge is -2.15. The summed E-state index contributed by atoms with van der Waals surface area (Å²) < 4.78 is 9.13. The SMILES string of the molecule is COCC(C)n1cc(Nc2nc(N[C@@H](C)C3CC3)c3ccn(SI)c3n2)cn1. The molecule has 3 aromatic heterocycles. The van der Waals surface area contributed by atoms with Crippen LogP contribution >= 0.6 is 30.3 Å². The van der Waals surface area contributed by atoms with Crippen molar-refractivity contribution >= 4 is 58.8 Å². The van der Waals surface area contributed by atoms with Gasteiger partial charge in [0.15, 0.2) is 5.65 Å². The second-order valence-electron chi connectivity index (χ2n) is 7.25. The summed E-state index contributed by atoms with van der Waals surface area (Å²) in [4.78, 5) is 9.50. The van der Waals surface area contributed by atoms with E-state index in [4.69, 9.17) is 14.7 Å². The summed E-state index contributed by atoms with van der Waals surface area (Å²) >= 11 is 2.26. The van der Waals surface area contributed by atoms with Crippen LogP contribution < -0.4 is 10.6 Å². The number of fused-ring (bicyclic) bond motifs is 1. The van der Waals surface area contributed by atoms with Crippen molar-refractivity contribution in [2.45, 2.75) is 38.8 Å². The lowest BCUT2D eigenvalue weighted by atomic mass is 10.2. The van der Waals surface area contributed by atoms with Gasteiger partial charge in [-0.25, -0.2) is 0 Å². The molecule has 8 nitrogen and oxygen atoms in total. The molecule has 3 heterocycles. The van der Waals surface area contributed by atoms with Gasteiger partial charge in [-0.2, -0.15) is 15.1 Å². The Bertz CT molecular complexity index is 955. The van der Waals surface area contributed by atoms with Crippen molar-refractivity contribution in [2.24, 2.45) is 5.92 Å². The third-order valence-corrected chi connectivity index (χ3v) is 6.71. The van der Waals surface area contributed by atoms with Crippen molar-refractivity contribution < 1.29 is 4.74 Å². The first-order valence-corrected chi connectivity index (χ1v) is 12.7. The smallest absolute Gasteiger partial charge is 0.231 e. The van der Waals surface area contributed by atoms with E-state index in [0.717, 1.165) is 28.5 Å². The zero-order valence-electron chi connectivity index (χ0n) is 16.1. The maximum atomic E-state index is 5.21. The highest BCUT2D eigenvalue weighted by Gasteiger charge is 2.28. The van der Waals surface area contributed by atoms with E-state index in [1.165, 1.54) is 12.8 Å². The number of rotatable bonds is 9. The second kappa shape index (κ2) is 8.46. The molecule has 4 rings (SSSR count). The molecule has 1 saturated carbocycles.